The Kier molecular flexibility index (Phi) is 3.31. The van der Waals surface area contributed by atoms with E-state index in [2.05, 4.69) is 25.3 Å². The molecule has 4 rings (SSSR count). The van der Waals surface area contributed by atoms with Gasteiger partial charge in [-0.15, -0.1) is 21.5 Å². The Labute approximate surface area is 140 Å². The number of H-pyrrole nitrogens is 1. The average molecular weight is 341 g/mol. The van der Waals surface area contributed by atoms with Crippen molar-refractivity contribution in [2.75, 3.05) is 11.9 Å². The molecule has 0 radical (unpaired) electrons. The van der Waals surface area contributed by atoms with E-state index in [1.165, 1.54) is 11.3 Å². The predicted octanol–water partition coefficient (Wildman–Crippen LogP) is 1.68. The summed E-state index contributed by atoms with van der Waals surface area (Å²) in [6.45, 7) is 4.40. The Balaban J connectivity index is 1.78. The number of aryl methyl sites for hydroxylation is 1. The first-order valence-corrected chi connectivity index (χ1v) is 8.27. The molecule has 0 fully saturated rings. The van der Waals surface area contributed by atoms with E-state index in [1.807, 2.05) is 37.2 Å². The summed E-state index contributed by atoms with van der Waals surface area (Å²) in [5.74, 6) is 0.611. The van der Waals surface area contributed by atoms with Crippen LogP contribution in [0.2, 0.25) is 0 Å². The van der Waals surface area contributed by atoms with Crippen molar-refractivity contribution in [2.45, 2.75) is 20.4 Å². The number of nitrogens with one attached hydrogen (secondary N) is 1. The van der Waals surface area contributed by atoms with Gasteiger partial charge in [0.05, 0.1) is 23.4 Å². The fraction of sp³-hybridized carbons (Fsp3) is 0.267. The molecular weight excluding hydrogens is 326 g/mol. The Morgan fingerprint density at radius 1 is 1.38 bits per heavy atom. The van der Waals surface area contributed by atoms with Crippen LogP contribution < -0.4 is 10.5 Å². The number of aromatic amines is 1. The number of hydrogen-bond acceptors (Lipinski definition) is 7. The molecule has 0 amide bonds. The fourth-order valence-corrected chi connectivity index (χ4v) is 3.52. The normalized spacial score (nSPS) is 11.5. The molecule has 0 aliphatic rings. The van der Waals surface area contributed by atoms with Gasteiger partial charge in [0, 0.05) is 7.05 Å². The second-order valence-corrected chi connectivity index (χ2v) is 6.58. The summed E-state index contributed by atoms with van der Waals surface area (Å²) < 4.78 is 2.31. The van der Waals surface area contributed by atoms with Crippen LogP contribution in [0.15, 0.2) is 22.6 Å². The van der Waals surface area contributed by atoms with Gasteiger partial charge in [0.15, 0.2) is 0 Å². The molecule has 4 heterocycles. The summed E-state index contributed by atoms with van der Waals surface area (Å²) in [4.78, 5) is 21.5. The molecule has 0 saturated heterocycles. The van der Waals surface area contributed by atoms with Crippen molar-refractivity contribution in [3.63, 3.8) is 0 Å². The van der Waals surface area contributed by atoms with Crippen molar-refractivity contribution in [1.29, 1.82) is 0 Å². The smallest absolute Gasteiger partial charge is 0.268 e. The van der Waals surface area contributed by atoms with Crippen LogP contribution in [0.1, 0.15) is 17.1 Å². The van der Waals surface area contributed by atoms with Crippen molar-refractivity contribution in [3.05, 3.63) is 45.2 Å². The number of hydrogen-bond donors (Lipinski definition) is 1. The Hall–Kier alpha value is -2.81. The quantitative estimate of drug-likeness (QED) is 0.609. The molecule has 1 N–H and O–H groups in total. The molecular formula is C15H15N7OS. The van der Waals surface area contributed by atoms with Gasteiger partial charge in [0.1, 0.15) is 16.9 Å². The summed E-state index contributed by atoms with van der Waals surface area (Å²) in [6, 6.07) is 1.86. The molecule has 0 atom stereocenters. The first kappa shape index (κ1) is 14.8. The predicted molar refractivity (Wildman–Crippen MR) is 92.6 cm³/mol. The highest BCUT2D eigenvalue weighted by atomic mass is 32.1. The average Bonchev–Trinajstić information content (AvgIpc) is 3.17. The molecule has 24 heavy (non-hydrogen) atoms. The van der Waals surface area contributed by atoms with Gasteiger partial charge in [-0.3, -0.25) is 4.79 Å². The van der Waals surface area contributed by atoms with Crippen LogP contribution in [-0.2, 0) is 6.54 Å². The van der Waals surface area contributed by atoms with Gasteiger partial charge in [-0.25, -0.2) is 4.98 Å². The van der Waals surface area contributed by atoms with E-state index in [-0.39, 0.29) is 5.56 Å². The summed E-state index contributed by atoms with van der Waals surface area (Å²) >= 11 is 1.40. The highest BCUT2D eigenvalue weighted by molar-refractivity contribution is 7.17. The summed E-state index contributed by atoms with van der Waals surface area (Å²) in [5, 5.41) is 14.4. The first-order chi connectivity index (χ1) is 11.5. The molecule has 122 valence electrons. The fourth-order valence-electron chi connectivity index (χ4n) is 2.79. The van der Waals surface area contributed by atoms with E-state index >= 15 is 0 Å². The molecule has 0 bridgehead atoms. The zero-order valence-electron chi connectivity index (χ0n) is 13.4. The van der Waals surface area contributed by atoms with Gasteiger partial charge in [0.2, 0.25) is 5.65 Å². The Bertz CT molecular complexity index is 1110. The lowest BCUT2D eigenvalue weighted by Crippen LogP contribution is -2.23. The highest BCUT2D eigenvalue weighted by Crippen LogP contribution is 2.26. The number of fused-ring (bicyclic) bond motifs is 2. The minimum atomic E-state index is -0.103. The van der Waals surface area contributed by atoms with Gasteiger partial charge in [-0.2, -0.15) is 9.61 Å². The first-order valence-electron chi connectivity index (χ1n) is 7.39. The third kappa shape index (κ3) is 2.24. The van der Waals surface area contributed by atoms with Crippen LogP contribution in [0.5, 0.6) is 0 Å². The molecule has 4 aromatic heterocycles. The second kappa shape index (κ2) is 5.38. The van der Waals surface area contributed by atoms with Gasteiger partial charge in [-0.05, 0) is 30.9 Å². The maximum atomic E-state index is 12.1. The SMILES string of the molecule is Cc1nn2cnnc2c(N(C)Cc2nc3ccsc3c(=O)[nH]2)c1C. The van der Waals surface area contributed by atoms with E-state index in [1.54, 1.807) is 10.8 Å². The van der Waals surface area contributed by atoms with Crippen LogP contribution in [0.3, 0.4) is 0 Å². The molecule has 0 unspecified atom stereocenters. The standard InChI is InChI=1S/C15H15N7OS/c1-8-9(2)20-22-7-16-19-14(22)12(8)21(3)6-11-17-10-4-5-24-13(10)15(23)18-11/h4-5,7H,6H2,1-3H3,(H,17,18,23). The van der Waals surface area contributed by atoms with E-state index in [0.717, 1.165) is 22.5 Å². The molecule has 8 nitrogen and oxygen atoms in total. The summed E-state index contributed by atoms with van der Waals surface area (Å²) in [6.07, 6.45) is 1.58. The highest BCUT2D eigenvalue weighted by Gasteiger charge is 2.17. The number of thiophene rings is 1. The van der Waals surface area contributed by atoms with Crippen LogP contribution in [-0.4, -0.2) is 36.8 Å². The lowest BCUT2D eigenvalue weighted by atomic mass is 10.2. The van der Waals surface area contributed by atoms with Crippen molar-refractivity contribution >= 4 is 32.9 Å². The van der Waals surface area contributed by atoms with Crippen LogP contribution in [0, 0.1) is 13.8 Å². The van der Waals surface area contributed by atoms with Crippen LogP contribution in [0.4, 0.5) is 5.69 Å². The molecule has 0 saturated carbocycles. The van der Waals surface area contributed by atoms with Crippen molar-refractivity contribution in [2.24, 2.45) is 0 Å². The number of anilines is 1. The lowest BCUT2D eigenvalue weighted by molar-refractivity contribution is 0.818. The molecule has 9 heteroatoms. The Morgan fingerprint density at radius 3 is 3.04 bits per heavy atom. The van der Waals surface area contributed by atoms with Crippen molar-refractivity contribution < 1.29 is 0 Å². The van der Waals surface area contributed by atoms with Crippen LogP contribution in [0.25, 0.3) is 15.9 Å². The topological polar surface area (TPSA) is 92.1 Å². The maximum absolute atomic E-state index is 12.1. The second-order valence-electron chi connectivity index (χ2n) is 5.66. The number of rotatable bonds is 3. The van der Waals surface area contributed by atoms with Crippen LogP contribution >= 0.6 is 11.3 Å². The maximum Gasteiger partial charge on any atom is 0.268 e. The third-order valence-electron chi connectivity index (χ3n) is 4.03. The molecule has 4 aromatic rings. The van der Waals surface area contributed by atoms with Crippen molar-refractivity contribution in [3.8, 4) is 0 Å². The number of nitrogens with zero attached hydrogens (tertiary/aromatic N) is 6. The zero-order chi connectivity index (χ0) is 16.8. The van der Waals surface area contributed by atoms with Crippen molar-refractivity contribution in [1.82, 2.24) is 29.8 Å². The molecule has 0 spiro atoms. The van der Waals surface area contributed by atoms with Gasteiger partial charge in [-0.1, -0.05) is 0 Å². The van der Waals surface area contributed by atoms with E-state index in [9.17, 15) is 4.79 Å². The van der Waals surface area contributed by atoms with Gasteiger partial charge in [0.25, 0.3) is 5.56 Å². The summed E-state index contributed by atoms with van der Waals surface area (Å²) in [5.41, 5.74) is 4.15. The monoisotopic (exact) mass is 341 g/mol. The van der Waals surface area contributed by atoms with E-state index < -0.39 is 0 Å². The van der Waals surface area contributed by atoms with Gasteiger partial charge < -0.3 is 9.88 Å². The molecule has 0 aromatic carbocycles. The van der Waals surface area contributed by atoms with E-state index in [4.69, 9.17) is 0 Å². The lowest BCUT2D eigenvalue weighted by Gasteiger charge is -2.21. The third-order valence-corrected chi connectivity index (χ3v) is 4.93. The number of aromatic nitrogens is 6. The van der Waals surface area contributed by atoms with Gasteiger partial charge >= 0.3 is 0 Å². The minimum Gasteiger partial charge on any atom is -0.364 e. The Morgan fingerprint density at radius 2 is 2.21 bits per heavy atom. The largest absolute Gasteiger partial charge is 0.364 e. The zero-order valence-corrected chi connectivity index (χ0v) is 14.3. The molecule has 0 aliphatic carbocycles. The molecule has 0 aliphatic heterocycles. The summed E-state index contributed by atoms with van der Waals surface area (Å²) in [7, 11) is 1.94. The minimum absolute atomic E-state index is 0.103. The van der Waals surface area contributed by atoms with E-state index in [0.29, 0.717) is 22.7 Å².